The van der Waals surface area contributed by atoms with E-state index in [4.69, 9.17) is 0 Å². The summed E-state index contributed by atoms with van der Waals surface area (Å²) >= 11 is 0. The van der Waals surface area contributed by atoms with Crippen molar-refractivity contribution in [3.63, 3.8) is 0 Å². The van der Waals surface area contributed by atoms with Gasteiger partial charge in [0.2, 0.25) is 0 Å². The zero-order valence-corrected chi connectivity index (χ0v) is 10.7. The van der Waals surface area contributed by atoms with Gasteiger partial charge in [0.15, 0.2) is 0 Å². The van der Waals surface area contributed by atoms with Crippen molar-refractivity contribution >= 4 is 5.69 Å². The molecule has 0 aliphatic heterocycles. The minimum Gasteiger partial charge on any atom is -0.383 e. The third-order valence-corrected chi connectivity index (χ3v) is 3.26. The molecule has 2 heterocycles. The zero-order valence-electron chi connectivity index (χ0n) is 10.7. The van der Waals surface area contributed by atoms with Crippen molar-refractivity contribution in [3.8, 4) is 0 Å². The lowest BCUT2D eigenvalue weighted by Crippen LogP contribution is -2.25. The highest BCUT2D eigenvalue weighted by atomic mass is 16.1. The molecule has 1 aliphatic rings. The summed E-state index contributed by atoms with van der Waals surface area (Å²) in [6.45, 7) is 2.12. The second-order valence-corrected chi connectivity index (χ2v) is 4.90. The number of rotatable bonds is 6. The summed E-state index contributed by atoms with van der Waals surface area (Å²) in [5, 5.41) is 11.5. The molecule has 6 nitrogen and oxygen atoms in total. The van der Waals surface area contributed by atoms with Crippen LogP contribution in [0.15, 0.2) is 35.5 Å². The maximum absolute atomic E-state index is 11.9. The molecule has 3 rings (SSSR count). The SMILES string of the molecule is O=c1cc(NCC2CC2)cnn1CCn1cccn1. The highest BCUT2D eigenvalue weighted by Gasteiger charge is 2.20. The van der Waals surface area contributed by atoms with E-state index in [9.17, 15) is 4.79 Å². The summed E-state index contributed by atoms with van der Waals surface area (Å²) in [6.07, 6.45) is 7.90. The molecule has 2 aromatic heterocycles. The van der Waals surface area contributed by atoms with Crippen LogP contribution < -0.4 is 10.9 Å². The predicted octanol–water partition coefficient (Wildman–Crippen LogP) is 0.962. The molecule has 6 heteroatoms. The lowest BCUT2D eigenvalue weighted by Gasteiger charge is -2.07. The highest BCUT2D eigenvalue weighted by molar-refractivity contribution is 5.38. The summed E-state index contributed by atoms with van der Waals surface area (Å²) < 4.78 is 3.25. The van der Waals surface area contributed by atoms with Crippen LogP contribution in [0.1, 0.15) is 12.8 Å². The van der Waals surface area contributed by atoms with Gasteiger partial charge in [0.05, 0.1) is 25.0 Å². The molecule has 0 bridgehead atoms. The van der Waals surface area contributed by atoms with Gasteiger partial charge in [-0.2, -0.15) is 10.2 Å². The molecule has 0 unspecified atom stereocenters. The zero-order chi connectivity index (χ0) is 13.1. The quantitative estimate of drug-likeness (QED) is 0.839. The fourth-order valence-electron chi connectivity index (χ4n) is 1.91. The third kappa shape index (κ3) is 3.21. The van der Waals surface area contributed by atoms with Gasteiger partial charge < -0.3 is 5.32 Å². The standard InChI is InChI=1S/C13H17N5O/c19-13-8-12(14-9-11-2-3-11)10-16-18(13)7-6-17-5-1-4-15-17/h1,4-5,8,10-11,14H,2-3,6-7,9H2. The number of anilines is 1. The maximum atomic E-state index is 11.9. The number of aromatic nitrogens is 4. The second-order valence-electron chi connectivity index (χ2n) is 4.90. The van der Waals surface area contributed by atoms with Crippen LogP contribution in [0.3, 0.4) is 0 Å². The minimum absolute atomic E-state index is 0.0760. The van der Waals surface area contributed by atoms with Gasteiger partial charge in [-0.25, -0.2) is 4.68 Å². The molecule has 0 spiro atoms. The van der Waals surface area contributed by atoms with Crippen molar-refractivity contribution < 1.29 is 0 Å². The molecule has 2 aromatic rings. The van der Waals surface area contributed by atoms with E-state index in [2.05, 4.69) is 15.5 Å². The molecule has 100 valence electrons. The van der Waals surface area contributed by atoms with Gasteiger partial charge in [-0.1, -0.05) is 0 Å². The normalized spacial score (nSPS) is 14.5. The van der Waals surface area contributed by atoms with Crippen molar-refractivity contribution in [1.82, 2.24) is 19.6 Å². The molecule has 0 radical (unpaired) electrons. The Balaban J connectivity index is 1.60. The summed E-state index contributed by atoms with van der Waals surface area (Å²) in [5.41, 5.74) is 0.736. The molecule has 19 heavy (non-hydrogen) atoms. The largest absolute Gasteiger partial charge is 0.383 e. The first-order valence-corrected chi connectivity index (χ1v) is 6.60. The molecule has 1 aliphatic carbocycles. The van der Waals surface area contributed by atoms with Crippen LogP contribution in [0.5, 0.6) is 0 Å². The first-order chi connectivity index (χ1) is 9.31. The maximum Gasteiger partial charge on any atom is 0.268 e. The molecule has 0 saturated heterocycles. The van der Waals surface area contributed by atoms with E-state index in [1.165, 1.54) is 17.5 Å². The lowest BCUT2D eigenvalue weighted by atomic mass is 10.4. The minimum atomic E-state index is -0.0760. The Labute approximate surface area is 111 Å². The molecule has 0 atom stereocenters. The lowest BCUT2D eigenvalue weighted by molar-refractivity contribution is 0.482. The van der Waals surface area contributed by atoms with Crippen molar-refractivity contribution in [1.29, 1.82) is 0 Å². The number of nitrogens with one attached hydrogen (secondary N) is 1. The molecule has 1 N–H and O–H groups in total. The molecule has 0 aromatic carbocycles. The Hall–Kier alpha value is -2.11. The van der Waals surface area contributed by atoms with E-state index in [-0.39, 0.29) is 5.56 Å². The summed E-state index contributed by atoms with van der Waals surface area (Å²) in [7, 11) is 0. The van der Waals surface area contributed by atoms with Crippen LogP contribution in [0.25, 0.3) is 0 Å². The van der Waals surface area contributed by atoms with Gasteiger partial charge >= 0.3 is 0 Å². The number of nitrogens with zero attached hydrogens (tertiary/aromatic N) is 4. The summed E-state index contributed by atoms with van der Waals surface area (Å²) in [5.74, 6) is 0.780. The summed E-state index contributed by atoms with van der Waals surface area (Å²) in [6, 6.07) is 3.47. The monoisotopic (exact) mass is 259 g/mol. The molecule has 0 amide bonds. The Morgan fingerprint density at radius 1 is 1.32 bits per heavy atom. The van der Waals surface area contributed by atoms with Crippen LogP contribution in [0, 0.1) is 5.92 Å². The van der Waals surface area contributed by atoms with E-state index in [1.54, 1.807) is 23.1 Å². The topological polar surface area (TPSA) is 64.7 Å². The van der Waals surface area contributed by atoms with Crippen molar-refractivity contribution in [2.45, 2.75) is 25.9 Å². The van der Waals surface area contributed by atoms with Crippen molar-refractivity contribution in [3.05, 3.63) is 41.1 Å². The van der Waals surface area contributed by atoms with Crippen molar-refractivity contribution in [2.75, 3.05) is 11.9 Å². The first-order valence-electron chi connectivity index (χ1n) is 6.60. The molecule has 1 fully saturated rings. The average molecular weight is 259 g/mol. The van der Waals surface area contributed by atoms with Crippen LogP contribution in [0.4, 0.5) is 5.69 Å². The Morgan fingerprint density at radius 3 is 2.89 bits per heavy atom. The molecular weight excluding hydrogens is 242 g/mol. The van der Waals surface area contributed by atoms with E-state index >= 15 is 0 Å². The van der Waals surface area contributed by atoms with Gasteiger partial charge in [-0.3, -0.25) is 9.48 Å². The average Bonchev–Trinajstić information content (AvgIpc) is 3.10. The predicted molar refractivity (Wildman–Crippen MR) is 71.9 cm³/mol. The molecular formula is C13H17N5O. The van der Waals surface area contributed by atoms with E-state index in [0.717, 1.165) is 18.2 Å². The highest BCUT2D eigenvalue weighted by Crippen LogP contribution is 2.28. The van der Waals surface area contributed by atoms with Gasteiger partial charge in [-0.15, -0.1) is 0 Å². The second kappa shape index (κ2) is 5.26. The first kappa shape index (κ1) is 12.0. The summed E-state index contributed by atoms with van der Waals surface area (Å²) in [4.78, 5) is 11.9. The Bertz CT molecular complexity index is 585. The van der Waals surface area contributed by atoms with Gasteiger partial charge in [0.25, 0.3) is 5.56 Å². The van der Waals surface area contributed by atoms with Crippen LogP contribution in [-0.4, -0.2) is 26.1 Å². The number of hydrogen-bond acceptors (Lipinski definition) is 4. The van der Waals surface area contributed by atoms with Crippen LogP contribution in [0.2, 0.25) is 0 Å². The van der Waals surface area contributed by atoms with Gasteiger partial charge in [-0.05, 0) is 24.8 Å². The van der Waals surface area contributed by atoms with Gasteiger partial charge in [0, 0.05) is 25.0 Å². The Morgan fingerprint density at radius 2 is 2.21 bits per heavy atom. The van der Waals surface area contributed by atoms with Crippen LogP contribution in [-0.2, 0) is 13.1 Å². The number of hydrogen-bond donors (Lipinski definition) is 1. The fraction of sp³-hybridized carbons (Fsp3) is 0.462. The van der Waals surface area contributed by atoms with Gasteiger partial charge in [0.1, 0.15) is 0 Å². The van der Waals surface area contributed by atoms with Crippen molar-refractivity contribution in [2.24, 2.45) is 5.92 Å². The Kier molecular flexibility index (Phi) is 3.31. The van der Waals surface area contributed by atoms with E-state index in [0.29, 0.717) is 13.1 Å². The van der Waals surface area contributed by atoms with Crippen LogP contribution >= 0.6 is 0 Å². The fourth-order valence-corrected chi connectivity index (χ4v) is 1.91. The van der Waals surface area contributed by atoms with E-state index < -0.39 is 0 Å². The third-order valence-electron chi connectivity index (χ3n) is 3.26. The smallest absolute Gasteiger partial charge is 0.268 e. The van der Waals surface area contributed by atoms with E-state index in [1.807, 2.05) is 12.3 Å². The number of aryl methyl sites for hydroxylation is 2. The molecule has 1 saturated carbocycles.